The Morgan fingerprint density at radius 2 is 1.81 bits per heavy atom. The molecule has 3 rings (SSSR count). The number of hydrogen-bond acceptors (Lipinski definition) is 4. The summed E-state index contributed by atoms with van der Waals surface area (Å²) in [5, 5.41) is 13.0. The predicted molar refractivity (Wildman–Crippen MR) is 79.4 cm³/mol. The predicted octanol–water partition coefficient (Wildman–Crippen LogP) is 3.89. The van der Waals surface area contributed by atoms with Gasteiger partial charge in [0.1, 0.15) is 0 Å². The first kappa shape index (κ1) is 13.1. The second-order valence-electron chi connectivity index (χ2n) is 4.88. The molecule has 0 aliphatic heterocycles. The van der Waals surface area contributed by atoms with E-state index in [9.17, 15) is 0 Å². The zero-order chi connectivity index (χ0) is 14.8. The van der Waals surface area contributed by atoms with E-state index in [1.165, 1.54) is 0 Å². The summed E-state index contributed by atoms with van der Waals surface area (Å²) < 4.78 is 5.37. The molecule has 4 heteroatoms. The monoisotopic (exact) mass is 275 g/mol. The van der Waals surface area contributed by atoms with E-state index in [2.05, 4.69) is 16.2 Å². The standard InChI is InChI=1S/C17H13N3O/c1-11-5-3-4-6-14(11)16-19-17(21-20-16)15-8-7-13(10-18)9-12(15)2/h3-9H,1-2H3. The minimum Gasteiger partial charge on any atom is -0.334 e. The van der Waals surface area contributed by atoms with Crippen LogP contribution in [0.15, 0.2) is 47.0 Å². The summed E-state index contributed by atoms with van der Waals surface area (Å²) in [7, 11) is 0. The van der Waals surface area contributed by atoms with E-state index in [0.29, 0.717) is 17.3 Å². The van der Waals surface area contributed by atoms with Crippen LogP contribution in [-0.2, 0) is 0 Å². The molecular formula is C17H13N3O. The molecule has 0 spiro atoms. The fraction of sp³-hybridized carbons (Fsp3) is 0.118. The van der Waals surface area contributed by atoms with Crippen molar-refractivity contribution < 1.29 is 4.52 Å². The Morgan fingerprint density at radius 3 is 2.52 bits per heavy atom. The largest absolute Gasteiger partial charge is 0.334 e. The van der Waals surface area contributed by atoms with Gasteiger partial charge in [0.2, 0.25) is 5.82 Å². The first-order valence-corrected chi connectivity index (χ1v) is 6.60. The molecular weight excluding hydrogens is 262 g/mol. The van der Waals surface area contributed by atoms with Crippen molar-refractivity contribution in [3.8, 4) is 28.9 Å². The van der Waals surface area contributed by atoms with Gasteiger partial charge in [-0.05, 0) is 43.2 Å². The van der Waals surface area contributed by atoms with E-state index in [1.807, 2.05) is 50.2 Å². The molecule has 3 aromatic rings. The first-order chi connectivity index (χ1) is 10.2. The molecule has 0 aliphatic carbocycles. The van der Waals surface area contributed by atoms with Crippen molar-refractivity contribution in [2.75, 3.05) is 0 Å². The number of nitriles is 1. The van der Waals surface area contributed by atoms with Gasteiger partial charge in [-0.2, -0.15) is 10.2 Å². The van der Waals surface area contributed by atoms with Crippen LogP contribution < -0.4 is 0 Å². The number of rotatable bonds is 2. The van der Waals surface area contributed by atoms with E-state index in [0.717, 1.165) is 22.3 Å². The van der Waals surface area contributed by atoms with Crippen molar-refractivity contribution in [1.29, 1.82) is 5.26 Å². The highest BCUT2D eigenvalue weighted by Crippen LogP contribution is 2.26. The highest BCUT2D eigenvalue weighted by atomic mass is 16.5. The normalized spacial score (nSPS) is 10.3. The lowest BCUT2D eigenvalue weighted by atomic mass is 10.1. The van der Waals surface area contributed by atoms with Crippen molar-refractivity contribution in [3.63, 3.8) is 0 Å². The van der Waals surface area contributed by atoms with Gasteiger partial charge in [-0.25, -0.2) is 0 Å². The molecule has 102 valence electrons. The summed E-state index contributed by atoms with van der Waals surface area (Å²) in [5.41, 5.74) is 4.46. The second-order valence-corrected chi connectivity index (χ2v) is 4.88. The molecule has 21 heavy (non-hydrogen) atoms. The van der Waals surface area contributed by atoms with Gasteiger partial charge >= 0.3 is 0 Å². The summed E-state index contributed by atoms with van der Waals surface area (Å²) in [6.45, 7) is 3.94. The maximum Gasteiger partial charge on any atom is 0.258 e. The SMILES string of the molecule is Cc1ccccc1-c1noc(-c2ccc(C#N)cc2C)n1. The molecule has 4 nitrogen and oxygen atoms in total. The summed E-state index contributed by atoms with van der Waals surface area (Å²) in [6, 6.07) is 15.4. The van der Waals surface area contributed by atoms with Gasteiger partial charge < -0.3 is 4.52 Å². The van der Waals surface area contributed by atoms with Crippen LogP contribution in [0, 0.1) is 25.2 Å². The topological polar surface area (TPSA) is 62.7 Å². The average Bonchev–Trinajstić information content (AvgIpc) is 2.97. The second kappa shape index (κ2) is 5.22. The molecule has 1 heterocycles. The third-order valence-electron chi connectivity index (χ3n) is 3.40. The summed E-state index contributed by atoms with van der Waals surface area (Å²) in [4.78, 5) is 4.47. The van der Waals surface area contributed by atoms with E-state index >= 15 is 0 Å². The van der Waals surface area contributed by atoms with Gasteiger partial charge in [0, 0.05) is 11.1 Å². The van der Waals surface area contributed by atoms with E-state index in [1.54, 1.807) is 6.07 Å². The van der Waals surface area contributed by atoms with Crippen molar-refractivity contribution in [3.05, 3.63) is 59.2 Å². The lowest BCUT2D eigenvalue weighted by molar-refractivity contribution is 0.432. The number of nitrogens with zero attached hydrogens (tertiary/aromatic N) is 3. The molecule has 0 amide bonds. The molecule has 0 fully saturated rings. The fourth-order valence-electron chi connectivity index (χ4n) is 2.24. The Labute approximate surface area is 122 Å². The van der Waals surface area contributed by atoms with Gasteiger partial charge in [0.05, 0.1) is 11.6 Å². The van der Waals surface area contributed by atoms with E-state index in [-0.39, 0.29) is 0 Å². The van der Waals surface area contributed by atoms with Gasteiger partial charge in [0.15, 0.2) is 0 Å². The Bertz CT molecular complexity index is 843. The maximum atomic E-state index is 8.91. The highest BCUT2D eigenvalue weighted by molar-refractivity contribution is 5.65. The van der Waals surface area contributed by atoms with Crippen LogP contribution in [0.2, 0.25) is 0 Å². The minimum absolute atomic E-state index is 0.468. The van der Waals surface area contributed by atoms with Gasteiger partial charge in [-0.1, -0.05) is 29.4 Å². The van der Waals surface area contributed by atoms with Crippen LogP contribution in [0.1, 0.15) is 16.7 Å². The highest BCUT2D eigenvalue weighted by Gasteiger charge is 2.13. The van der Waals surface area contributed by atoms with Crippen LogP contribution in [0.4, 0.5) is 0 Å². The summed E-state index contributed by atoms with van der Waals surface area (Å²) in [5.74, 6) is 1.04. The third kappa shape index (κ3) is 2.41. The smallest absolute Gasteiger partial charge is 0.258 e. The third-order valence-corrected chi connectivity index (χ3v) is 3.40. The minimum atomic E-state index is 0.468. The lowest BCUT2D eigenvalue weighted by Crippen LogP contribution is -1.87. The molecule has 2 aromatic carbocycles. The first-order valence-electron chi connectivity index (χ1n) is 6.60. The summed E-state index contributed by atoms with van der Waals surface area (Å²) in [6.07, 6.45) is 0. The van der Waals surface area contributed by atoms with Gasteiger partial charge in [-0.15, -0.1) is 0 Å². The van der Waals surface area contributed by atoms with Crippen molar-refractivity contribution in [2.45, 2.75) is 13.8 Å². The number of hydrogen-bond donors (Lipinski definition) is 0. The molecule has 0 atom stereocenters. The summed E-state index contributed by atoms with van der Waals surface area (Å²) >= 11 is 0. The molecule has 0 saturated heterocycles. The van der Waals surface area contributed by atoms with Crippen LogP contribution >= 0.6 is 0 Å². The molecule has 0 radical (unpaired) electrons. The van der Waals surface area contributed by atoms with Crippen molar-refractivity contribution in [1.82, 2.24) is 10.1 Å². The van der Waals surface area contributed by atoms with Crippen LogP contribution in [0.5, 0.6) is 0 Å². The van der Waals surface area contributed by atoms with Gasteiger partial charge in [-0.3, -0.25) is 0 Å². The molecule has 0 aliphatic rings. The van der Waals surface area contributed by atoms with E-state index < -0.39 is 0 Å². The zero-order valence-corrected chi connectivity index (χ0v) is 11.8. The van der Waals surface area contributed by atoms with Crippen molar-refractivity contribution >= 4 is 0 Å². The maximum absolute atomic E-state index is 8.91. The zero-order valence-electron chi connectivity index (χ0n) is 11.8. The molecule has 0 N–H and O–H groups in total. The molecule has 0 bridgehead atoms. The molecule has 1 aromatic heterocycles. The number of aryl methyl sites for hydroxylation is 2. The quantitative estimate of drug-likeness (QED) is 0.711. The van der Waals surface area contributed by atoms with Crippen LogP contribution in [0.3, 0.4) is 0 Å². The van der Waals surface area contributed by atoms with Crippen LogP contribution in [0.25, 0.3) is 22.8 Å². The average molecular weight is 275 g/mol. The molecule has 0 saturated carbocycles. The Hall–Kier alpha value is -2.93. The van der Waals surface area contributed by atoms with Crippen molar-refractivity contribution in [2.24, 2.45) is 0 Å². The Balaban J connectivity index is 2.03. The Kier molecular flexibility index (Phi) is 3.25. The fourth-order valence-corrected chi connectivity index (χ4v) is 2.24. The van der Waals surface area contributed by atoms with Gasteiger partial charge in [0.25, 0.3) is 5.89 Å². The number of benzene rings is 2. The van der Waals surface area contributed by atoms with E-state index in [4.69, 9.17) is 9.78 Å². The lowest BCUT2D eigenvalue weighted by Gasteiger charge is -2.00. The Morgan fingerprint density at radius 1 is 1.00 bits per heavy atom. The number of aromatic nitrogens is 2. The molecule has 0 unspecified atom stereocenters. The van der Waals surface area contributed by atoms with Crippen LogP contribution in [-0.4, -0.2) is 10.1 Å².